The van der Waals surface area contributed by atoms with Gasteiger partial charge in [0, 0.05) is 22.9 Å². The molecule has 0 amide bonds. The van der Waals surface area contributed by atoms with Crippen LogP contribution in [0.1, 0.15) is 35.6 Å². The number of imidazole rings is 1. The summed E-state index contributed by atoms with van der Waals surface area (Å²) < 4.78 is 19.5. The molecular formula is C33H24FN5O. The second-order valence-electron chi connectivity index (χ2n) is 9.77. The molecule has 1 aliphatic heterocycles. The maximum Gasteiger partial charge on any atom is 0.159 e. The maximum absolute atomic E-state index is 13.5. The molecule has 0 spiro atoms. The Kier molecular flexibility index (Phi) is 5.89. The third-order valence-corrected chi connectivity index (χ3v) is 7.07. The molecule has 1 N–H and O–H groups in total. The van der Waals surface area contributed by atoms with Gasteiger partial charge in [0.2, 0.25) is 0 Å². The van der Waals surface area contributed by atoms with Crippen molar-refractivity contribution in [3.63, 3.8) is 0 Å². The Morgan fingerprint density at radius 1 is 0.850 bits per heavy atom. The van der Waals surface area contributed by atoms with Crippen LogP contribution in [0.15, 0.2) is 108 Å². The maximum atomic E-state index is 13.5. The van der Waals surface area contributed by atoms with E-state index in [1.807, 2.05) is 60.7 Å². The SMILES string of the molecule is C[C@@H]1N=C(c2nc3c(-c4ccc(F)cc4)cccc3[nH]2)c2nc(-c3cncc(OCc4ccccc4)c3)ccc21. The van der Waals surface area contributed by atoms with Crippen LogP contribution in [0, 0.1) is 5.82 Å². The van der Waals surface area contributed by atoms with Crippen molar-refractivity contribution < 1.29 is 9.13 Å². The first-order valence-corrected chi connectivity index (χ1v) is 13.1. The van der Waals surface area contributed by atoms with Crippen molar-refractivity contribution in [2.45, 2.75) is 19.6 Å². The van der Waals surface area contributed by atoms with E-state index < -0.39 is 0 Å². The standard InChI is InChI=1S/C33H24FN5O/c1-20-26-14-15-28(23-16-25(18-35-17-23)40-19-21-6-3-2-4-7-21)37-31(26)32(36-20)33-38-29-9-5-8-27(30(29)39-33)22-10-12-24(34)13-11-22/h2-18,20H,19H2,1H3,(H,38,39)/t20-/m0/s1. The van der Waals surface area contributed by atoms with E-state index in [1.165, 1.54) is 12.1 Å². The Bertz CT molecular complexity index is 1880. The summed E-state index contributed by atoms with van der Waals surface area (Å²) in [6, 6.07) is 28.4. The first-order chi connectivity index (χ1) is 19.6. The van der Waals surface area contributed by atoms with E-state index in [4.69, 9.17) is 19.7 Å². The number of hydrogen-bond donors (Lipinski definition) is 1. The van der Waals surface area contributed by atoms with E-state index in [9.17, 15) is 4.39 Å². The van der Waals surface area contributed by atoms with Gasteiger partial charge in [0.25, 0.3) is 0 Å². The van der Waals surface area contributed by atoms with Crippen LogP contribution in [0.25, 0.3) is 33.4 Å². The number of H-pyrrole nitrogens is 1. The number of nitrogens with one attached hydrogen (secondary N) is 1. The zero-order valence-corrected chi connectivity index (χ0v) is 21.7. The van der Waals surface area contributed by atoms with Crippen LogP contribution in [0.3, 0.4) is 0 Å². The number of pyridine rings is 2. The Balaban J connectivity index is 1.22. The number of benzene rings is 3. The second-order valence-corrected chi connectivity index (χ2v) is 9.77. The van der Waals surface area contributed by atoms with Crippen LogP contribution >= 0.6 is 0 Å². The summed E-state index contributed by atoms with van der Waals surface area (Å²) in [4.78, 5) is 22.7. The third-order valence-electron chi connectivity index (χ3n) is 7.07. The summed E-state index contributed by atoms with van der Waals surface area (Å²) >= 11 is 0. The molecule has 3 aromatic carbocycles. The van der Waals surface area contributed by atoms with E-state index in [1.54, 1.807) is 24.5 Å². The fraction of sp³-hybridized carbons (Fsp3) is 0.0909. The molecule has 1 atom stereocenters. The van der Waals surface area contributed by atoms with Crippen molar-refractivity contribution in [2.75, 3.05) is 0 Å². The summed E-state index contributed by atoms with van der Waals surface area (Å²) in [7, 11) is 0. The van der Waals surface area contributed by atoms with Crippen molar-refractivity contribution >= 4 is 16.7 Å². The summed E-state index contributed by atoms with van der Waals surface area (Å²) in [5, 5.41) is 0. The number of rotatable bonds is 6. The summed E-state index contributed by atoms with van der Waals surface area (Å²) in [6.07, 6.45) is 3.50. The van der Waals surface area contributed by atoms with Crippen molar-refractivity contribution in [3.8, 4) is 28.1 Å². The van der Waals surface area contributed by atoms with Crippen LogP contribution in [0.4, 0.5) is 4.39 Å². The van der Waals surface area contributed by atoms with Gasteiger partial charge in [-0.05, 0) is 48.4 Å². The lowest BCUT2D eigenvalue weighted by Crippen LogP contribution is -2.06. The molecule has 40 heavy (non-hydrogen) atoms. The number of para-hydroxylation sites is 1. The number of ether oxygens (including phenoxy) is 1. The molecule has 4 heterocycles. The van der Waals surface area contributed by atoms with Gasteiger partial charge < -0.3 is 9.72 Å². The van der Waals surface area contributed by atoms with Crippen LogP contribution in [-0.2, 0) is 6.61 Å². The number of halogens is 1. The molecule has 0 saturated carbocycles. The molecule has 0 bridgehead atoms. The zero-order valence-electron chi connectivity index (χ0n) is 21.7. The van der Waals surface area contributed by atoms with Gasteiger partial charge in [-0.3, -0.25) is 9.98 Å². The minimum atomic E-state index is -0.269. The largest absolute Gasteiger partial charge is 0.487 e. The van der Waals surface area contributed by atoms with E-state index in [2.05, 4.69) is 23.0 Å². The van der Waals surface area contributed by atoms with Gasteiger partial charge in [-0.25, -0.2) is 14.4 Å². The summed E-state index contributed by atoms with van der Waals surface area (Å²) in [5.74, 6) is 1.06. The molecule has 0 aliphatic carbocycles. The molecule has 3 aromatic heterocycles. The Labute approximate surface area is 230 Å². The van der Waals surface area contributed by atoms with E-state index in [0.717, 1.165) is 56.0 Å². The molecule has 1 aliphatic rings. The quantitative estimate of drug-likeness (QED) is 0.247. The van der Waals surface area contributed by atoms with Crippen LogP contribution < -0.4 is 4.74 Å². The van der Waals surface area contributed by atoms with Crippen molar-refractivity contribution in [2.24, 2.45) is 4.99 Å². The zero-order chi connectivity index (χ0) is 27.1. The number of fused-ring (bicyclic) bond motifs is 2. The fourth-order valence-corrected chi connectivity index (χ4v) is 5.04. The molecule has 0 fully saturated rings. The normalized spacial score (nSPS) is 14.2. The molecular weight excluding hydrogens is 501 g/mol. The highest BCUT2D eigenvalue weighted by Gasteiger charge is 2.27. The summed E-state index contributed by atoms with van der Waals surface area (Å²) in [5.41, 5.74) is 8.78. The minimum Gasteiger partial charge on any atom is -0.487 e. The lowest BCUT2D eigenvalue weighted by Gasteiger charge is -2.09. The van der Waals surface area contributed by atoms with E-state index in [0.29, 0.717) is 18.2 Å². The third kappa shape index (κ3) is 4.41. The van der Waals surface area contributed by atoms with Crippen molar-refractivity contribution in [1.82, 2.24) is 19.9 Å². The smallest absolute Gasteiger partial charge is 0.159 e. The highest BCUT2D eigenvalue weighted by Crippen LogP contribution is 2.34. The average Bonchev–Trinajstić information content (AvgIpc) is 3.58. The molecule has 6 aromatic rings. The van der Waals surface area contributed by atoms with Gasteiger partial charge in [-0.15, -0.1) is 0 Å². The van der Waals surface area contributed by atoms with E-state index >= 15 is 0 Å². The molecule has 194 valence electrons. The number of nitrogens with zero attached hydrogens (tertiary/aromatic N) is 4. The van der Waals surface area contributed by atoms with Gasteiger partial charge in [-0.2, -0.15) is 0 Å². The molecule has 7 rings (SSSR count). The predicted octanol–water partition coefficient (Wildman–Crippen LogP) is 7.32. The average molecular weight is 526 g/mol. The lowest BCUT2D eigenvalue weighted by atomic mass is 10.0. The monoisotopic (exact) mass is 525 g/mol. The van der Waals surface area contributed by atoms with E-state index in [-0.39, 0.29) is 11.9 Å². The first-order valence-electron chi connectivity index (χ1n) is 13.1. The van der Waals surface area contributed by atoms with Crippen LogP contribution in [-0.4, -0.2) is 25.6 Å². The van der Waals surface area contributed by atoms with Gasteiger partial charge in [0.1, 0.15) is 23.9 Å². The number of aliphatic imine (C=N–C) groups is 1. The van der Waals surface area contributed by atoms with Crippen molar-refractivity contribution in [3.05, 3.63) is 132 Å². The molecule has 0 saturated heterocycles. The van der Waals surface area contributed by atoms with Gasteiger partial charge >= 0.3 is 0 Å². The highest BCUT2D eigenvalue weighted by molar-refractivity contribution is 6.14. The highest BCUT2D eigenvalue weighted by atomic mass is 19.1. The Hall–Kier alpha value is -5.17. The fourth-order valence-electron chi connectivity index (χ4n) is 5.04. The van der Waals surface area contributed by atoms with Gasteiger partial charge in [0.15, 0.2) is 5.82 Å². The predicted molar refractivity (Wildman–Crippen MR) is 154 cm³/mol. The number of aromatic nitrogens is 4. The summed E-state index contributed by atoms with van der Waals surface area (Å²) in [6.45, 7) is 2.52. The number of hydrogen-bond acceptors (Lipinski definition) is 5. The Morgan fingerprint density at radius 3 is 2.55 bits per heavy atom. The lowest BCUT2D eigenvalue weighted by molar-refractivity contribution is 0.305. The molecule has 0 radical (unpaired) electrons. The second kappa shape index (κ2) is 9.85. The van der Waals surface area contributed by atoms with Gasteiger partial charge in [0.05, 0.1) is 34.7 Å². The first kappa shape index (κ1) is 23.9. The molecule has 7 heteroatoms. The van der Waals surface area contributed by atoms with Crippen LogP contribution in [0.2, 0.25) is 0 Å². The van der Waals surface area contributed by atoms with Gasteiger partial charge in [-0.1, -0.05) is 60.7 Å². The van der Waals surface area contributed by atoms with Crippen molar-refractivity contribution in [1.29, 1.82) is 0 Å². The number of aromatic amines is 1. The molecule has 6 nitrogen and oxygen atoms in total. The topological polar surface area (TPSA) is 76.0 Å². The Morgan fingerprint density at radius 2 is 1.70 bits per heavy atom. The van der Waals surface area contributed by atoms with Crippen LogP contribution in [0.5, 0.6) is 5.75 Å². The molecule has 0 unspecified atom stereocenters. The minimum absolute atomic E-state index is 0.0463.